The molecule has 14 nitrogen and oxygen atoms in total. The molecule has 8 aromatic carbocycles. The van der Waals surface area contributed by atoms with E-state index in [-0.39, 0.29) is 171 Å². The van der Waals surface area contributed by atoms with Gasteiger partial charge in [0.25, 0.3) is 0 Å². The predicted octanol–water partition coefficient (Wildman–Crippen LogP) is 9.87. The smallest absolute Gasteiger partial charge is 2.00 e. The molecule has 0 aliphatic heterocycles. The minimum atomic E-state index is -0.318. The molecule has 4 radical (unpaired) electrons. The maximum atomic E-state index is 12.5. The van der Waals surface area contributed by atoms with Crippen LogP contribution in [0.15, 0.2) is 141 Å². The Hall–Kier alpha value is -3.67. The summed E-state index contributed by atoms with van der Waals surface area (Å²) in [7, 11) is 0. The topological polar surface area (TPSA) is 291 Å². The summed E-state index contributed by atoms with van der Waals surface area (Å²) in [6.07, 6.45) is 7.16. The Balaban J connectivity index is -0.000000567. The van der Waals surface area contributed by atoms with Gasteiger partial charge in [0.1, 0.15) is 0 Å². The Morgan fingerprint density at radius 3 is 0.650 bits per heavy atom. The zero-order valence-corrected chi connectivity index (χ0v) is 52.0. The standard InChI is InChI=1S/2C25H22N2O4.4CH2Cl2.2Cu.2O.2V/c2*28-20-6-1-4-16-8-10-18(24(30)22(16)20)14-26-12-3-13-27-15-19-11-9-17-5-2-7-21(29)23(17)25(19)31;4*2-1-3;;;;;;/h2*1-2,4-11,14-15,28-31H,3,12-13H2;4*1H2;;;;;;/q;;;;;;2*+2;2*-2;2*+4/p-8. The summed E-state index contributed by atoms with van der Waals surface area (Å²) >= 11 is 38.1. The van der Waals surface area contributed by atoms with Gasteiger partial charge in [0.2, 0.25) is 0 Å². The third-order valence-corrected chi connectivity index (χ3v) is 10.0. The zero-order chi connectivity index (χ0) is 54.4. The molecule has 26 heteroatoms. The van der Waals surface area contributed by atoms with E-state index in [4.69, 9.17) is 92.8 Å². The molecule has 80 heavy (non-hydrogen) atoms. The Labute approximate surface area is 548 Å². The number of hydrogen-bond acceptors (Lipinski definition) is 12. The molecule has 0 saturated carbocycles. The van der Waals surface area contributed by atoms with Crippen LogP contribution in [0.1, 0.15) is 35.1 Å². The van der Waals surface area contributed by atoms with Crippen LogP contribution in [0, 0.1) is 0 Å². The molecule has 0 spiro atoms. The van der Waals surface area contributed by atoms with Crippen molar-refractivity contribution in [1.29, 1.82) is 0 Å². The first kappa shape index (κ1) is 82.8. The predicted molar refractivity (Wildman–Crippen MR) is 298 cm³/mol. The molecule has 0 amide bonds. The molecule has 0 aliphatic carbocycles. The van der Waals surface area contributed by atoms with Gasteiger partial charge in [-0.25, -0.2) is 0 Å². The average molecular weight is 1420 g/mol. The van der Waals surface area contributed by atoms with E-state index in [1.54, 1.807) is 97.1 Å². The Morgan fingerprint density at radius 1 is 0.300 bits per heavy atom. The number of halogens is 8. The maximum absolute atomic E-state index is 12.5. The van der Waals surface area contributed by atoms with Crippen molar-refractivity contribution in [2.45, 2.75) is 12.8 Å². The Bertz CT molecular complexity index is 2760. The van der Waals surface area contributed by atoms with Gasteiger partial charge in [-0.05, 0) is 78.2 Å². The molecule has 8 rings (SSSR count). The number of benzene rings is 8. The van der Waals surface area contributed by atoms with Crippen molar-refractivity contribution in [3.05, 3.63) is 144 Å². The first-order valence-corrected chi connectivity index (χ1v) is 26.1. The molecule has 0 aliphatic rings. The van der Waals surface area contributed by atoms with Crippen molar-refractivity contribution in [1.82, 2.24) is 0 Å². The van der Waals surface area contributed by atoms with Crippen molar-refractivity contribution in [2.75, 3.05) is 47.5 Å². The van der Waals surface area contributed by atoms with E-state index < -0.39 is 0 Å². The average Bonchev–Trinajstić information content (AvgIpc) is 3.37. The molecular formula is C54H44Cl8Cu2N4O10V2. The molecule has 0 fully saturated rings. The second-order valence-electron chi connectivity index (χ2n) is 14.6. The van der Waals surface area contributed by atoms with E-state index in [1.165, 1.54) is 49.1 Å². The number of rotatable bonds is 12. The van der Waals surface area contributed by atoms with Crippen LogP contribution in [0.5, 0.6) is 46.0 Å². The largest absolute Gasteiger partial charge is 4.00 e. The number of alkyl halides is 8. The Kier molecular flexibility index (Phi) is 48.4. The third kappa shape index (κ3) is 25.9. The minimum absolute atomic E-state index is 0. The zero-order valence-electron chi connectivity index (χ0n) is 41.3. The van der Waals surface area contributed by atoms with Crippen molar-refractivity contribution < 1.29 is 123 Å². The van der Waals surface area contributed by atoms with Gasteiger partial charge >= 0.3 is 71.2 Å². The fourth-order valence-corrected chi connectivity index (χ4v) is 6.88. The van der Waals surface area contributed by atoms with Gasteiger partial charge < -0.3 is 51.8 Å². The van der Waals surface area contributed by atoms with Crippen molar-refractivity contribution in [3.63, 3.8) is 0 Å². The first-order chi connectivity index (χ1) is 35.8. The van der Waals surface area contributed by atoms with E-state index in [0.717, 1.165) is 0 Å². The van der Waals surface area contributed by atoms with E-state index in [2.05, 4.69) is 20.0 Å². The van der Waals surface area contributed by atoms with Crippen LogP contribution in [0.25, 0.3) is 43.1 Å². The van der Waals surface area contributed by atoms with Gasteiger partial charge in [0, 0.05) is 51.0 Å². The van der Waals surface area contributed by atoms with Crippen molar-refractivity contribution in [3.8, 4) is 46.0 Å². The molecule has 0 saturated heterocycles. The van der Waals surface area contributed by atoms with Crippen LogP contribution in [-0.2, 0) is 82.2 Å². The number of nitrogens with zero attached hydrogens (tertiary/aromatic N) is 4. The van der Waals surface area contributed by atoms with E-state index in [9.17, 15) is 40.9 Å². The number of aliphatic imine (C=N–C) groups is 4. The van der Waals surface area contributed by atoms with Gasteiger partial charge in [-0.3, -0.25) is 20.0 Å². The molecule has 428 valence electrons. The summed E-state index contributed by atoms with van der Waals surface area (Å²) in [5.74, 6) is -2.43. The van der Waals surface area contributed by atoms with E-state index >= 15 is 0 Å². The van der Waals surface area contributed by atoms with Crippen molar-refractivity contribution in [2.24, 2.45) is 20.0 Å². The van der Waals surface area contributed by atoms with Gasteiger partial charge in [-0.15, -0.1) is 116 Å². The number of fused-ring (bicyclic) bond motifs is 4. The molecule has 0 atom stereocenters. The summed E-state index contributed by atoms with van der Waals surface area (Å²) < 4.78 is 0. The van der Waals surface area contributed by atoms with Crippen LogP contribution in [0.2, 0.25) is 0 Å². The van der Waals surface area contributed by atoms with Crippen molar-refractivity contribution >= 4 is 161 Å². The second kappa shape index (κ2) is 46.8. The monoisotopic (exact) mass is 1420 g/mol. The molecule has 0 aromatic heterocycles. The van der Waals surface area contributed by atoms with Gasteiger partial charge in [-0.2, -0.15) is 0 Å². The normalized spacial score (nSPS) is 10.1. The summed E-state index contributed by atoms with van der Waals surface area (Å²) in [6, 6.07) is 32.6. The molecule has 0 unspecified atom stereocenters. The summed E-state index contributed by atoms with van der Waals surface area (Å²) in [5, 5.41) is 102. The summed E-state index contributed by atoms with van der Waals surface area (Å²) in [4.78, 5) is 17.0. The van der Waals surface area contributed by atoms with Gasteiger partial charge in [-0.1, -0.05) is 144 Å². The molecule has 0 bridgehead atoms. The van der Waals surface area contributed by atoms with Crippen LogP contribution >= 0.6 is 92.8 Å². The third-order valence-electron chi connectivity index (χ3n) is 10.0. The minimum Gasteiger partial charge on any atom is -2.00 e. The Morgan fingerprint density at radius 2 is 0.475 bits per heavy atom. The van der Waals surface area contributed by atoms with Gasteiger partial charge in [0.15, 0.2) is 0 Å². The number of hydrogen-bond donors (Lipinski definition) is 0. The fraction of sp³-hybridized carbons (Fsp3) is 0.185. The molecule has 8 aromatic rings. The van der Waals surface area contributed by atoms with E-state index in [1.807, 2.05) is 0 Å². The molecule has 0 N–H and O–H groups in total. The molecular weight excluding hydrogens is 1380 g/mol. The second-order valence-corrected chi connectivity index (χ2v) is 17.8. The van der Waals surface area contributed by atoms with E-state index in [0.29, 0.717) is 82.8 Å². The van der Waals surface area contributed by atoms with Crippen LogP contribution in [0.4, 0.5) is 0 Å². The van der Waals surface area contributed by atoms with Crippen LogP contribution in [-0.4, -0.2) is 72.4 Å². The first-order valence-electron chi connectivity index (χ1n) is 21.8. The summed E-state index contributed by atoms with van der Waals surface area (Å²) in [6.45, 7) is 1.78. The quantitative estimate of drug-likeness (QED) is 0.0489. The van der Waals surface area contributed by atoms with Gasteiger partial charge in [0.05, 0.1) is 21.4 Å². The SMILES string of the molecule is ClCCl.ClCCl.ClCCl.ClCCl.[Cu+2].[Cu+2].[O-2].[O-2].[O-]c1cccc2ccc(C=NCCCN=Cc3ccc4cccc([O-])c4c3[O-])c([O-])c12.[O-]c1cccc2ccc(C=NCCCN=Cc3ccc4cccc([O-])c4c3[O-])c([O-])c12.[V+4].[V+4]. The van der Waals surface area contributed by atoms with Crippen LogP contribution in [0.3, 0.4) is 0 Å². The maximum Gasteiger partial charge on any atom is 4.00 e. The summed E-state index contributed by atoms with van der Waals surface area (Å²) in [5.41, 5.74) is 1.50. The van der Waals surface area contributed by atoms with Crippen LogP contribution < -0.4 is 40.9 Å². The molecule has 0 heterocycles. The fourth-order valence-electron chi connectivity index (χ4n) is 6.88.